The van der Waals surface area contributed by atoms with Gasteiger partial charge in [-0.3, -0.25) is 0 Å². The monoisotopic (exact) mass is 286 g/mol. The van der Waals surface area contributed by atoms with E-state index in [0.29, 0.717) is 0 Å². The molecule has 0 aliphatic carbocycles. The molecule has 0 atom stereocenters. The van der Waals surface area contributed by atoms with E-state index in [1.165, 1.54) is 4.90 Å². The second kappa shape index (κ2) is 4.42. The predicted molar refractivity (Wildman–Crippen MR) is 64.8 cm³/mol. The normalized spacial score (nSPS) is 10.4. The first-order chi connectivity index (χ1) is 6.79. The summed E-state index contributed by atoms with van der Waals surface area (Å²) in [5.74, 6) is 0. The van der Waals surface area contributed by atoms with Gasteiger partial charge in [-0.15, -0.1) is 22.0 Å². The van der Waals surface area contributed by atoms with Crippen LogP contribution in [0.2, 0.25) is 0 Å². The van der Waals surface area contributed by atoms with Gasteiger partial charge in [-0.2, -0.15) is 0 Å². The number of halogens is 1. The maximum Gasteiger partial charge on any atom is 0.183 e. The maximum atomic E-state index is 4.06. The van der Waals surface area contributed by atoms with E-state index in [1.807, 2.05) is 0 Å². The summed E-state index contributed by atoms with van der Waals surface area (Å²) in [6, 6.07) is 8.32. The van der Waals surface area contributed by atoms with Crippen molar-refractivity contribution in [3.63, 3.8) is 0 Å². The Bertz CT molecular complexity index is 425. The van der Waals surface area contributed by atoms with Crippen molar-refractivity contribution in [1.82, 2.24) is 10.2 Å². The first-order valence-electron chi connectivity index (χ1n) is 3.93. The minimum Gasteiger partial charge on any atom is -0.137 e. The molecule has 0 aliphatic heterocycles. The standard InChI is InChI=1S/C9H7BrN2S2/c1-13-7-4-2-6(3-5-7)8-11-12-9(10)14-8/h2-5H,1H3. The van der Waals surface area contributed by atoms with Crippen molar-refractivity contribution < 1.29 is 0 Å². The SMILES string of the molecule is CSc1ccc(-c2nnc(Br)s2)cc1. The molecule has 1 aromatic heterocycles. The van der Waals surface area contributed by atoms with Crippen LogP contribution in [0.15, 0.2) is 33.1 Å². The number of aromatic nitrogens is 2. The molecule has 1 heterocycles. The third-order valence-electron chi connectivity index (χ3n) is 1.74. The van der Waals surface area contributed by atoms with E-state index in [-0.39, 0.29) is 0 Å². The van der Waals surface area contributed by atoms with E-state index in [0.717, 1.165) is 14.5 Å². The van der Waals surface area contributed by atoms with Crippen LogP contribution in [-0.4, -0.2) is 16.5 Å². The molecule has 0 radical (unpaired) electrons. The maximum absolute atomic E-state index is 4.06. The van der Waals surface area contributed by atoms with Gasteiger partial charge in [-0.05, 0) is 34.3 Å². The molecule has 0 fully saturated rings. The van der Waals surface area contributed by atoms with Crippen LogP contribution < -0.4 is 0 Å². The average Bonchev–Trinajstić information content (AvgIpc) is 2.65. The summed E-state index contributed by atoms with van der Waals surface area (Å²) in [6.07, 6.45) is 2.07. The van der Waals surface area contributed by atoms with Gasteiger partial charge < -0.3 is 0 Å². The van der Waals surface area contributed by atoms with Gasteiger partial charge in [0.05, 0.1) is 0 Å². The minimum absolute atomic E-state index is 0.821. The van der Waals surface area contributed by atoms with Crippen LogP contribution in [0.25, 0.3) is 10.6 Å². The van der Waals surface area contributed by atoms with Crippen molar-refractivity contribution in [1.29, 1.82) is 0 Å². The second-order valence-corrected chi connectivity index (χ2v) is 5.72. The highest BCUT2D eigenvalue weighted by Gasteiger charge is 2.03. The van der Waals surface area contributed by atoms with Crippen molar-refractivity contribution in [3.8, 4) is 10.6 Å². The van der Waals surface area contributed by atoms with Crippen molar-refractivity contribution in [2.24, 2.45) is 0 Å². The largest absolute Gasteiger partial charge is 0.183 e. The summed E-state index contributed by atoms with van der Waals surface area (Å²) in [5.41, 5.74) is 1.12. The Hall–Kier alpha value is -0.390. The number of benzene rings is 1. The van der Waals surface area contributed by atoms with Gasteiger partial charge in [-0.1, -0.05) is 23.5 Å². The number of nitrogens with zero attached hydrogens (tertiary/aromatic N) is 2. The van der Waals surface area contributed by atoms with Crippen LogP contribution >= 0.6 is 39.0 Å². The highest BCUT2D eigenvalue weighted by atomic mass is 79.9. The summed E-state index contributed by atoms with van der Waals surface area (Å²) in [4.78, 5) is 1.26. The van der Waals surface area contributed by atoms with Crippen LogP contribution in [0, 0.1) is 0 Å². The molecule has 0 bridgehead atoms. The molecule has 1 aromatic carbocycles. The van der Waals surface area contributed by atoms with Crippen molar-refractivity contribution >= 4 is 39.0 Å². The zero-order valence-corrected chi connectivity index (χ0v) is 10.6. The highest BCUT2D eigenvalue weighted by molar-refractivity contribution is 9.11. The van der Waals surface area contributed by atoms with Crippen molar-refractivity contribution in [2.75, 3.05) is 6.26 Å². The van der Waals surface area contributed by atoms with Crippen LogP contribution in [0.3, 0.4) is 0 Å². The molecule has 0 amide bonds. The summed E-state index contributed by atoms with van der Waals surface area (Å²) >= 11 is 6.58. The Morgan fingerprint density at radius 3 is 2.43 bits per heavy atom. The Labute approximate surface area is 98.9 Å². The molecule has 2 rings (SSSR count). The summed E-state index contributed by atoms with van der Waals surface area (Å²) in [5, 5.41) is 8.92. The van der Waals surface area contributed by atoms with Gasteiger partial charge in [-0.25, -0.2) is 0 Å². The topological polar surface area (TPSA) is 25.8 Å². The molecule has 72 valence electrons. The summed E-state index contributed by atoms with van der Waals surface area (Å²) in [7, 11) is 0. The Kier molecular flexibility index (Phi) is 3.20. The Morgan fingerprint density at radius 2 is 1.93 bits per heavy atom. The lowest BCUT2D eigenvalue weighted by Gasteiger charge is -1.97. The third kappa shape index (κ3) is 2.16. The molecule has 0 unspecified atom stereocenters. The molecule has 0 saturated heterocycles. The first kappa shape index (κ1) is 10.1. The predicted octanol–water partition coefficient (Wildman–Crippen LogP) is 3.69. The summed E-state index contributed by atoms with van der Waals surface area (Å²) in [6.45, 7) is 0. The van der Waals surface area contributed by atoms with Crippen molar-refractivity contribution in [2.45, 2.75) is 4.90 Å². The van der Waals surface area contributed by atoms with Gasteiger partial charge in [0.1, 0.15) is 5.01 Å². The average molecular weight is 287 g/mol. The second-order valence-electron chi connectivity index (χ2n) is 2.59. The molecule has 0 saturated carbocycles. The molecule has 0 spiro atoms. The van der Waals surface area contributed by atoms with E-state index < -0.39 is 0 Å². The lowest BCUT2D eigenvalue weighted by Crippen LogP contribution is -1.76. The third-order valence-corrected chi connectivity index (χ3v) is 3.89. The smallest absolute Gasteiger partial charge is 0.137 e. The van der Waals surface area contributed by atoms with E-state index in [2.05, 4.69) is 56.6 Å². The van der Waals surface area contributed by atoms with E-state index >= 15 is 0 Å². The van der Waals surface area contributed by atoms with Crippen LogP contribution in [0.5, 0.6) is 0 Å². The number of thioether (sulfide) groups is 1. The number of hydrogen-bond acceptors (Lipinski definition) is 4. The first-order valence-corrected chi connectivity index (χ1v) is 6.76. The highest BCUT2D eigenvalue weighted by Crippen LogP contribution is 2.27. The van der Waals surface area contributed by atoms with E-state index in [9.17, 15) is 0 Å². The fourth-order valence-corrected chi connectivity index (χ4v) is 2.58. The lowest BCUT2D eigenvalue weighted by atomic mass is 10.2. The fourth-order valence-electron chi connectivity index (χ4n) is 1.06. The number of rotatable bonds is 2. The van der Waals surface area contributed by atoms with Gasteiger partial charge in [0.2, 0.25) is 0 Å². The van der Waals surface area contributed by atoms with Crippen LogP contribution in [-0.2, 0) is 0 Å². The number of hydrogen-bond donors (Lipinski definition) is 0. The zero-order chi connectivity index (χ0) is 9.97. The van der Waals surface area contributed by atoms with Gasteiger partial charge in [0.15, 0.2) is 3.92 Å². The molecule has 2 nitrogen and oxygen atoms in total. The van der Waals surface area contributed by atoms with Gasteiger partial charge in [0, 0.05) is 10.5 Å². The molecular weight excluding hydrogens is 280 g/mol. The molecule has 0 aliphatic rings. The lowest BCUT2D eigenvalue weighted by molar-refractivity contribution is 1.07. The van der Waals surface area contributed by atoms with Crippen LogP contribution in [0.1, 0.15) is 0 Å². The zero-order valence-electron chi connectivity index (χ0n) is 7.40. The Morgan fingerprint density at radius 1 is 1.21 bits per heavy atom. The molecule has 0 N–H and O–H groups in total. The molecule has 14 heavy (non-hydrogen) atoms. The minimum atomic E-state index is 0.821. The van der Waals surface area contributed by atoms with E-state index in [4.69, 9.17) is 0 Å². The van der Waals surface area contributed by atoms with Crippen LogP contribution in [0.4, 0.5) is 0 Å². The summed E-state index contributed by atoms with van der Waals surface area (Å²) < 4.78 is 0.821. The van der Waals surface area contributed by atoms with Gasteiger partial charge in [0.25, 0.3) is 0 Å². The molecule has 2 aromatic rings. The Balaban J connectivity index is 2.33. The van der Waals surface area contributed by atoms with E-state index in [1.54, 1.807) is 23.1 Å². The fraction of sp³-hybridized carbons (Fsp3) is 0.111. The van der Waals surface area contributed by atoms with Crippen molar-refractivity contribution in [3.05, 3.63) is 28.2 Å². The molecular formula is C9H7BrN2S2. The quantitative estimate of drug-likeness (QED) is 0.788. The van der Waals surface area contributed by atoms with Gasteiger partial charge >= 0.3 is 0 Å². The molecule has 5 heteroatoms.